The first-order valence-electron chi connectivity index (χ1n) is 6.77. The molecule has 0 bridgehead atoms. The zero-order valence-corrected chi connectivity index (χ0v) is 11.8. The number of anilines is 1. The van der Waals surface area contributed by atoms with Gasteiger partial charge in [0.1, 0.15) is 6.07 Å². The molecule has 0 saturated carbocycles. The molecule has 1 aromatic rings. The normalized spacial score (nSPS) is 24.3. The van der Waals surface area contributed by atoms with E-state index in [-0.39, 0.29) is 18.1 Å². The van der Waals surface area contributed by atoms with Crippen LogP contribution in [0.1, 0.15) is 18.5 Å². The third kappa shape index (κ3) is 3.64. The van der Waals surface area contributed by atoms with Gasteiger partial charge in [0.05, 0.1) is 18.2 Å². The molecule has 1 fully saturated rings. The highest BCUT2D eigenvalue weighted by Crippen LogP contribution is 2.16. The molecule has 21 heavy (non-hydrogen) atoms. The van der Waals surface area contributed by atoms with Gasteiger partial charge < -0.3 is 10.6 Å². The van der Waals surface area contributed by atoms with E-state index >= 15 is 0 Å². The van der Waals surface area contributed by atoms with Crippen LogP contribution in [-0.4, -0.2) is 36.0 Å². The second kappa shape index (κ2) is 6.95. The molecule has 3 unspecified atom stereocenters. The largest absolute Gasteiger partial charge is 0.358 e. The molecule has 0 radical (unpaired) electrons. The lowest BCUT2D eigenvalue weighted by atomic mass is 9.97. The van der Waals surface area contributed by atoms with Crippen LogP contribution in [0.15, 0.2) is 12.1 Å². The van der Waals surface area contributed by atoms with Gasteiger partial charge in [-0.05, 0) is 25.0 Å². The Kier molecular flexibility index (Phi) is 5.01. The minimum Gasteiger partial charge on any atom is -0.358 e. The van der Waals surface area contributed by atoms with E-state index in [1.165, 1.54) is 0 Å². The Balaban J connectivity index is 1.80. The van der Waals surface area contributed by atoms with E-state index in [1.807, 2.05) is 18.0 Å². The number of hydrogen-bond donors (Lipinski definition) is 3. The van der Waals surface area contributed by atoms with Gasteiger partial charge >= 0.3 is 0 Å². The summed E-state index contributed by atoms with van der Waals surface area (Å²) in [6.07, 6.45) is 1.41. The number of nitrogens with one attached hydrogen (secondary N) is 2. The van der Waals surface area contributed by atoms with Crippen LogP contribution in [0.5, 0.6) is 0 Å². The highest BCUT2D eigenvalue weighted by Gasteiger charge is 2.32. The average molecular weight is 286 g/mol. The lowest BCUT2D eigenvalue weighted by molar-refractivity contribution is 0.463. The van der Waals surface area contributed by atoms with Gasteiger partial charge in [0, 0.05) is 19.6 Å². The minimum absolute atomic E-state index is 0.0606. The Morgan fingerprint density at radius 3 is 2.76 bits per heavy atom. The van der Waals surface area contributed by atoms with Gasteiger partial charge in [0.2, 0.25) is 0 Å². The molecular weight excluding hydrogens is 268 g/mol. The number of nitrogens with two attached hydrogens (primary N) is 1. The Bertz CT molecular complexity index is 543. The first-order valence-corrected chi connectivity index (χ1v) is 6.77. The third-order valence-corrected chi connectivity index (χ3v) is 3.57. The molecule has 1 aliphatic heterocycles. The van der Waals surface area contributed by atoms with Crippen LogP contribution < -0.4 is 21.5 Å². The molecule has 8 heteroatoms. The minimum atomic E-state index is -0.317. The number of nitrogens with zero attached hydrogens (tertiary/aromatic N) is 5. The molecule has 8 nitrogen and oxygen atoms in total. The van der Waals surface area contributed by atoms with E-state index in [0.717, 1.165) is 25.2 Å². The quantitative estimate of drug-likeness (QED) is 0.659. The maximum atomic E-state index is 9.08. The molecule has 0 aromatic carbocycles. The molecule has 4 N–H and O–H groups in total. The Labute approximate surface area is 123 Å². The van der Waals surface area contributed by atoms with Crippen molar-refractivity contribution in [3.05, 3.63) is 17.8 Å². The number of hydrogen-bond acceptors (Lipinski definition) is 8. The predicted molar refractivity (Wildman–Crippen MR) is 76.4 cm³/mol. The summed E-state index contributed by atoms with van der Waals surface area (Å²) in [5, 5.41) is 25.6. The molecule has 0 aliphatic carbocycles. The first-order chi connectivity index (χ1) is 10.2. The number of nitriles is 2. The monoisotopic (exact) mass is 286 g/mol. The zero-order valence-electron chi connectivity index (χ0n) is 11.8. The summed E-state index contributed by atoms with van der Waals surface area (Å²) in [4.78, 5) is 1.97. The summed E-state index contributed by atoms with van der Waals surface area (Å²) in [5.41, 5.74) is 12.0. The molecule has 3 atom stereocenters. The summed E-state index contributed by atoms with van der Waals surface area (Å²) in [5.74, 6) is 0.505. The van der Waals surface area contributed by atoms with Gasteiger partial charge in [-0.25, -0.2) is 5.43 Å². The Morgan fingerprint density at radius 1 is 1.33 bits per heavy atom. The predicted octanol–water partition coefficient (Wildman–Crippen LogP) is -0.534. The summed E-state index contributed by atoms with van der Waals surface area (Å²) in [6.45, 7) is 0.784. The van der Waals surface area contributed by atoms with Gasteiger partial charge in [-0.3, -0.25) is 5.43 Å². The van der Waals surface area contributed by atoms with Gasteiger partial charge in [0.15, 0.2) is 11.5 Å². The van der Waals surface area contributed by atoms with Crippen LogP contribution in [0.2, 0.25) is 0 Å². The maximum Gasteiger partial charge on any atom is 0.163 e. The lowest BCUT2D eigenvalue weighted by Crippen LogP contribution is -2.38. The highest BCUT2D eigenvalue weighted by molar-refractivity contribution is 5.37. The van der Waals surface area contributed by atoms with E-state index in [4.69, 9.17) is 16.3 Å². The fraction of sp³-hybridized carbons (Fsp3) is 0.538. The van der Waals surface area contributed by atoms with Gasteiger partial charge in [-0.1, -0.05) is 0 Å². The van der Waals surface area contributed by atoms with Crippen LogP contribution in [-0.2, 0) is 0 Å². The summed E-state index contributed by atoms with van der Waals surface area (Å²) >= 11 is 0. The first kappa shape index (κ1) is 15.1. The van der Waals surface area contributed by atoms with Crippen LogP contribution in [0.4, 0.5) is 5.82 Å². The van der Waals surface area contributed by atoms with Gasteiger partial charge in [0.25, 0.3) is 0 Å². The van der Waals surface area contributed by atoms with Crippen LogP contribution in [0, 0.1) is 28.6 Å². The molecular formula is C13H18N8. The molecule has 2 rings (SSSR count). The van der Waals surface area contributed by atoms with E-state index in [1.54, 1.807) is 12.1 Å². The van der Waals surface area contributed by atoms with Crippen molar-refractivity contribution in [2.75, 3.05) is 18.5 Å². The molecule has 1 aliphatic rings. The summed E-state index contributed by atoms with van der Waals surface area (Å²) in [6, 6.07) is 7.65. The van der Waals surface area contributed by atoms with Crippen LogP contribution in [0.25, 0.3) is 0 Å². The van der Waals surface area contributed by atoms with Crippen LogP contribution >= 0.6 is 0 Å². The number of aromatic nitrogens is 2. The van der Waals surface area contributed by atoms with Crippen molar-refractivity contribution < 1.29 is 0 Å². The fourth-order valence-corrected chi connectivity index (χ4v) is 2.31. The molecule has 110 valence electrons. The summed E-state index contributed by atoms with van der Waals surface area (Å²) < 4.78 is 0. The molecule has 0 amide bonds. The second-order valence-electron chi connectivity index (χ2n) is 5.03. The van der Waals surface area contributed by atoms with Crippen molar-refractivity contribution >= 4 is 5.82 Å². The Morgan fingerprint density at radius 2 is 2.14 bits per heavy atom. The van der Waals surface area contributed by atoms with Crippen molar-refractivity contribution in [2.45, 2.75) is 25.0 Å². The number of rotatable bonds is 5. The third-order valence-electron chi connectivity index (χ3n) is 3.57. The zero-order chi connectivity index (χ0) is 15.2. The molecule has 1 aromatic heterocycles. The maximum absolute atomic E-state index is 9.08. The van der Waals surface area contributed by atoms with Crippen molar-refractivity contribution in [1.82, 2.24) is 21.0 Å². The Hall–Kier alpha value is -2.26. The molecule has 2 heterocycles. The fourth-order valence-electron chi connectivity index (χ4n) is 2.31. The van der Waals surface area contributed by atoms with Crippen molar-refractivity contribution in [3.63, 3.8) is 0 Å². The SMILES string of the molecule is CN(CCCC1NNC(N)C1C#N)c1ccc(C#N)nn1. The second-order valence-corrected chi connectivity index (χ2v) is 5.03. The topological polar surface area (TPSA) is 127 Å². The van der Waals surface area contributed by atoms with E-state index in [2.05, 4.69) is 27.1 Å². The van der Waals surface area contributed by atoms with E-state index in [0.29, 0.717) is 5.69 Å². The molecule has 1 saturated heterocycles. The standard InChI is InChI=1S/C13H18N8/c1-21(12-5-4-9(7-14)17-19-12)6-2-3-11-10(8-15)13(16)20-18-11/h4-5,10-11,13,18,20H,2-3,6,16H2,1H3. The molecule has 0 spiro atoms. The van der Waals surface area contributed by atoms with Crippen LogP contribution in [0.3, 0.4) is 0 Å². The van der Waals surface area contributed by atoms with Crippen molar-refractivity contribution in [1.29, 1.82) is 10.5 Å². The van der Waals surface area contributed by atoms with E-state index in [9.17, 15) is 0 Å². The van der Waals surface area contributed by atoms with Gasteiger partial charge in [-0.2, -0.15) is 10.5 Å². The van der Waals surface area contributed by atoms with Gasteiger partial charge in [-0.15, -0.1) is 10.2 Å². The summed E-state index contributed by atoms with van der Waals surface area (Å²) in [7, 11) is 1.92. The number of hydrazine groups is 1. The van der Waals surface area contributed by atoms with Crippen molar-refractivity contribution in [3.8, 4) is 12.1 Å². The lowest BCUT2D eigenvalue weighted by Gasteiger charge is -2.19. The van der Waals surface area contributed by atoms with Crippen molar-refractivity contribution in [2.24, 2.45) is 11.7 Å². The highest BCUT2D eigenvalue weighted by atomic mass is 15.5. The average Bonchev–Trinajstić information content (AvgIpc) is 2.87. The smallest absolute Gasteiger partial charge is 0.163 e. The van der Waals surface area contributed by atoms with E-state index < -0.39 is 0 Å².